The van der Waals surface area contributed by atoms with Crippen LogP contribution in [0.2, 0.25) is 0 Å². The summed E-state index contributed by atoms with van der Waals surface area (Å²) in [4.78, 5) is 11.1. The van der Waals surface area contributed by atoms with Gasteiger partial charge >= 0.3 is 0 Å². The van der Waals surface area contributed by atoms with Gasteiger partial charge in [-0.05, 0) is 29.5 Å². The Labute approximate surface area is 103 Å². The summed E-state index contributed by atoms with van der Waals surface area (Å²) >= 11 is 2.96. The number of anilines is 2. The molecule has 1 atom stereocenters. The molecule has 1 unspecified atom stereocenters. The van der Waals surface area contributed by atoms with Gasteiger partial charge in [-0.25, -0.2) is 0 Å². The first kappa shape index (κ1) is 13.1. The zero-order chi connectivity index (χ0) is 12.1. The fourth-order valence-electron chi connectivity index (χ4n) is 1.27. The molecule has 1 aromatic rings. The number of nitrogens with two attached hydrogens (primary N) is 2. The fourth-order valence-corrected chi connectivity index (χ4v) is 2.68. The van der Waals surface area contributed by atoms with Crippen molar-refractivity contribution in [2.45, 2.75) is 6.92 Å². The molecule has 0 aliphatic carbocycles. The van der Waals surface area contributed by atoms with Crippen LogP contribution in [0.3, 0.4) is 0 Å². The number of nitrogens with one attached hydrogen (secondary N) is 1. The van der Waals surface area contributed by atoms with E-state index < -0.39 is 5.91 Å². The summed E-state index contributed by atoms with van der Waals surface area (Å²) in [6.45, 7) is 2.92. The average Bonchev–Trinajstić information content (AvgIpc) is 2.57. The highest BCUT2D eigenvalue weighted by molar-refractivity contribution is 7.98. The first-order valence-corrected chi connectivity index (χ1v) is 7.00. The molecule has 7 heteroatoms. The largest absolute Gasteiger partial charge is 0.382 e. The van der Waals surface area contributed by atoms with Crippen molar-refractivity contribution in [3.05, 3.63) is 5.56 Å². The molecule has 5 N–H and O–H groups in total. The Morgan fingerprint density at radius 1 is 1.69 bits per heavy atom. The zero-order valence-corrected chi connectivity index (χ0v) is 11.0. The lowest BCUT2D eigenvalue weighted by Gasteiger charge is -2.11. The van der Waals surface area contributed by atoms with Crippen LogP contribution in [0.1, 0.15) is 17.3 Å². The number of amides is 1. The SMILES string of the molecule is CSCC(C)CNc1snc(N)c1C(N)=O. The second-order valence-corrected chi connectivity index (χ2v) is 5.26. The summed E-state index contributed by atoms with van der Waals surface area (Å²) in [6, 6.07) is 0. The molecule has 0 saturated carbocycles. The van der Waals surface area contributed by atoms with Gasteiger partial charge < -0.3 is 16.8 Å². The highest BCUT2D eigenvalue weighted by atomic mass is 32.2. The van der Waals surface area contributed by atoms with Gasteiger partial charge in [0.1, 0.15) is 10.6 Å². The van der Waals surface area contributed by atoms with Gasteiger partial charge in [0.2, 0.25) is 0 Å². The van der Waals surface area contributed by atoms with E-state index >= 15 is 0 Å². The summed E-state index contributed by atoms with van der Waals surface area (Å²) in [6.07, 6.45) is 2.07. The lowest BCUT2D eigenvalue weighted by Crippen LogP contribution is -2.17. The highest BCUT2D eigenvalue weighted by Gasteiger charge is 2.16. The fraction of sp³-hybridized carbons (Fsp3) is 0.556. The number of carbonyl (C=O) groups is 1. The van der Waals surface area contributed by atoms with E-state index in [1.54, 1.807) is 11.8 Å². The quantitative estimate of drug-likeness (QED) is 0.715. The molecule has 16 heavy (non-hydrogen) atoms. The zero-order valence-electron chi connectivity index (χ0n) is 9.32. The van der Waals surface area contributed by atoms with Crippen LogP contribution >= 0.6 is 23.3 Å². The third-order valence-electron chi connectivity index (χ3n) is 2.03. The van der Waals surface area contributed by atoms with Gasteiger partial charge in [-0.1, -0.05) is 6.92 Å². The van der Waals surface area contributed by atoms with E-state index in [1.807, 2.05) is 0 Å². The lowest BCUT2D eigenvalue weighted by atomic mass is 10.2. The van der Waals surface area contributed by atoms with Crippen molar-refractivity contribution >= 4 is 40.0 Å². The predicted molar refractivity (Wildman–Crippen MR) is 71.1 cm³/mol. The highest BCUT2D eigenvalue weighted by Crippen LogP contribution is 2.26. The first-order valence-electron chi connectivity index (χ1n) is 4.84. The molecule has 0 aliphatic heterocycles. The Bertz CT molecular complexity index is 366. The second kappa shape index (κ2) is 5.95. The second-order valence-electron chi connectivity index (χ2n) is 3.58. The average molecular weight is 260 g/mol. The minimum absolute atomic E-state index is 0.206. The van der Waals surface area contributed by atoms with E-state index in [0.717, 1.165) is 12.3 Å². The minimum Gasteiger partial charge on any atom is -0.382 e. The molecule has 0 saturated heterocycles. The number of thioether (sulfide) groups is 1. The Kier molecular flexibility index (Phi) is 4.88. The minimum atomic E-state index is -0.536. The maximum Gasteiger partial charge on any atom is 0.255 e. The van der Waals surface area contributed by atoms with Crippen molar-refractivity contribution in [3.8, 4) is 0 Å². The van der Waals surface area contributed by atoms with E-state index in [1.165, 1.54) is 11.5 Å². The Morgan fingerprint density at radius 2 is 2.38 bits per heavy atom. The summed E-state index contributed by atoms with van der Waals surface area (Å²) < 4.78 is 3.91. The van der Waals surface area contributed by atoms with Gasteiger partial charge in [-0.3, -0.25) is 4.79 Å². The van der Waals surface area contributed by atoms with Gasteiger partial charge in [-0.2, -0.15) is 16.1 Å². The number of hydrogen-bond donors (Lipinski definition) is 3. The molecule has 1 amide bonds. The molecular weight excluding hydrogens is 244 g/mol. The third kappa shape index (κ3) is 3.28. The molecule has 0 aliphatic rings. The van der Waals surface area contributed by atoms with Crippen LogP contribution in [-0.4, -0.2) is 28.8 Å². The number of rotatable bonds is 6. The molecular formula is C9H16N4OS2. The van der Waals surface area contributed by atoms with E-state index in [0.29, 0.717) is 16.5 Å². The number of carbonyl (C=O) groups excluding carboxylic acids is 1. The van der Waals surface area contributed by atoms with Gasteiger partial charge in [0.25, 0.3) is 5.91 Å². The van der Waals surface area contributed by atoms with E-state index in [-0.39, 0.29) is 5.82 Å². The van der Waals surface area contributed by atoms with Crippen molar-refractivity contribution in [1.29, 1.82) is 0 Å². The Morgan fingerprint density at radius 3 is 2.94 bits per heavy atom. The molecule has 5 nitrogen and oxygen atoms in total. The molecule has 0 aromatic carbocycles. The number of nitrogen functional groups attached to an aromatic ring is 1. The smallest absolute Gasteiger partial charge is 0.255 e. The topological polar surface area (TPSA) is 94.0 Å². The van der Waals surface area contributed by atoms with Crippen LogP contribution in [0.15, 0.2) is 0 Å². The number of aromatic nitrogens is 1. The van der Waals surface area contributed by atoms with Crippen molar-refractivity contribution in [1.82, 2.24) is 4.37 Å². The number of hydrogen-bond acceptors (Lipinski definition) is 6. The maximum absolute atomic E-state index is 11.1. The molecule has 1 aromatic heterocycles. The molecule has 0 bridgehead atoms. The van der Waals surface area contributed by atoms with Crippen LogP contribution in [0.5, 0.6) is 0 Å². The van der Waals surface area contributed by atoms with Crippen LogP contribution in [-0.2, 0) is 0 Å². The maximum atomic E-state index is 11.1. The van der Waals surface area contributed by atoms with Crippen LogP contribution < -0.4 is 16.8 Å². The van der Waals surface area contributed by atoms with Gasteiger partial charge in [0, 0.05) is 6.54 Å². The first-order chi connectivity index (χ1) is 7.56. The van der Waals surface area contributed by atoms with E-state index in [2.05, 4.69) is 22.9 Å². The normalized spacial score (nSPS) is 12.4. The molecule has 90 valence electrons. The molecule has 1 heterocycles. The summed E-state index contributed by atoms with van der Waals surface area (Å²) in [5, 5.41) is 3.83. The van der Waals surface area contributed by atoms with E-state index in [9.17, 15) is 4.79 Å². The molecule has 1 rings (SSSR count). The molecule has 0 spiro atoms. The van der Waals surface area contributed by atoms with Gasteiger partial charge in [0.05, 0.1) is 0 Å². The van der Waals surface area contributed by atoms with Gasteiger partial charge in [0.15, 0.2) is 5.82 Å². The Balaban J connectivity index is 2.64. The van der Waals surface area contributed by atoms with Crippen LogP contribution in [0.25, 0.3) is 0 Å². The van der Waals surface area contributed by atoms with Gasteiger partial charge in [-0.15, -0.1) is 0 Å². The van der Waals surface area contributed by atoms with Crippen molar-refractivity contribution in [2.75, 3.05) is 29.6 Å². The van der Waals surface area contributed by atoms with Crippen LogP contribution in [0.4, 0.5) is 10.8 Å². The number of primary amides is 1. The van der Waals surface area contributed by atoms with Crippen LogP contribution in [0, 0.1) is 5.92 Å². The van der Waals surface area contributed by atoms with Crippen molar-refractivity contribution in [2.24, 2.45) is 11.7 Å². The monoisotopic (exact) mass is 260 g/mol. The van der Waals surface area contributed by atoms with Crippen molar-refractivity contribution in [3.63, 3.8) is 0 Å². The molecule has 0 fully saturated rings. The summed E-state index contributed by atoms with van der Waals surface area (Å²) in [5.74, 6) is 1.25. The summed E-state index contributed by atoms with van der Waals surface area (Å²) in [7, 11) is 0. The molecule has 0 radical (unpaired) electrons. The third-order valence-corrected chi connectivity index (χ3v) is 3.75. The lowest BCUT2D eigenvalue weighted by molar-refractivity contribution is 0.100. The van der Waals surface area contributed by atoms with Crippen molar-refractivity contribution < 1.29 is 4.79 Å². The number of nitrogens with zero attached hydrogens (tertiary/aromatic N) is 1. The van der Waals surface area contributed by atoms with E-state index in [4.69, 9.17) is 11.5 Å². The predicted octanol–water partition coefficient (Wildman–Crippen LogP) is 1.24. The summed E-state index contributed by atoms with van der Waals surface area (Å²) in [5.41, 5.74) is 11.1. The standard InChI is InChI=1S/C9H16N4OS2/c1-5(4-15-2)3-12-9-6(8(11)14)7(10)13-16-9/h5,12H,3-4H2,1-2H3,(H2,10,13)(H2,11,14). The Hall–Kier alpha value is -0.950.